The molecule has 4 nitrogen and oxygen atoms in total. The van der Waals surface area contributed by atoms with E-state index in [1.54, 1.807) is 0 Å². The quantitative estimate of drug-likeness (QED) is 0.149. The maximum atomic E-state index is 6.99. The topological polar surface area (TPSA) is 24.6 Å². The largest absolute Gasteiger partial charge is 0.454 e. The van der Waals surface area contributed by atoms with E-state index in [0.717, 1.165) is 56.8 Å². The molecule has 0 amide bonds. The highest BCUT2D eigenvalue weighted by Crippen LogP contribution is 2.57. The van der Waals surface area contributed by atoms with Crippen molar-refractivity contribution in [2.75, 3.05) is 9.80 Å². The second-order valence-corrected chi connectivity index (χ2v) is 19.0. The molecule has 2 aliphatic heterocycles. The maximum Gasteiger partial charge on any atom is 0.333 e. The Balaban J connectivity index is 1.15. The van der Waals surface area contributed by atoms with Crippen LogP contribution in [0, 0.1) is 0 Å². The minimum Gasteiger partial charge on any atom is -0.454 e. The molecule has 0 fully saturated rings. The van der Waals surface area contributed by atoms with E-state index in [9.17, 15) is 0 Å². The van der Waals surface area contributed by atoms with Crippen LogP contribution in [0.4, 0.5) is 34.1 Å². The molecular weight excluding hydrogens is 802 g/mol. The smallest absolute Gasteiger partial charge is 0.333 e. The van der Waals surface area contributed by atoms with Gasteiger partial charge in [0.1, 0.15) is 5.58 Å². The normalized spacial score (nSPS) is 13.9. The van der Waals surface area contributed by atoms with Gasteiger partial charge in [-0.15, -0.1) is 0 Å². The van der Waals surface area contributed by atoms with Gasteiger partial charge in [-0.25, -0.2) is 0 Å². The monoisotopic (exact) mass is 847 g/mol. The van der Waals surface area contributed by atoms with Crippen LogP contribution in [0.2, 0.25) is 0 Å². The minimum atomic E-state index is -0.240. The van der Waals surface area contributed by atoms with Crippen LogP contribution >= 0.6 is 0 Å². The second-order valence-electron chi connectivity index (χ2n) is 19.0. The highest BCUT2D eigenvalue weighted by atomic mass is 16.3. The first kappa shape index (κ1) is 37.6. The highest BCUT2D eigenvalue weighted by molar-refractivity contribution is 6.90. The minimum absolute atomic E-state index is 0.107. The number of fused-ring (bicyclic) bond motifs is 14. The Morgan fingerprint density at radius 2 is 1.26 bits per heavy atom. The van der Waals surface area contributed by atoms with Crippen LogP contribution in [0.5, 0.6) is 0 Å². The van der Waals surface area contributed by atoms with E-state index in [1.165, 1.54) is 90.2 Å². The molecule has 0 saturated heterocycles. The molecule has 314 valence electrons. The SMILES string of the molecule is CCCCc1ccc2c(c1)c1cccc3c1n2B1c2ccc(N(c4ccccc4)c4ccccc4)cc2N(c2cccc4c2oc2ccccc24)c2cc4c(c-3c21)-c1ccccc1C4(C)C. The fourth-order valence-corrected chi connectivity index (χ4v) is 12.2. The van der Waals surface area contributed by atoms with Crippen molar-refractivity contribution in [2.45, 2.75) is 45.4 Å². The van der Waals surface area contributed by atoms with E-state index >= 15 is 0 Å². The molecule has 0 atom stereocenters. The number of aromatic nitrogens is 1. The summed E-state index contributed by atoms with van der Waals surface area (Å²) < 4.78 is 9.70. The molecular formula is C61H46BN3O. The van der Waals surface area contributed by atoms with Crippen molar-refractivity contribution in [1.82, 2.24) is 4.48 Å². The lowest BCUT2D eigenvalue weighted by Gasteiger charge is -2.42. The molecule has 0 spiro atoms. The number of hydrogen-bond donors (Lipinski definition) is 0. The molecule has 5 heteroatoms. The summed E-state index contributed by atoms with van der Waals surface area (Å²) in [6, 6.07) is 70.0. The molecule has 0 radical (unpaired) electrons. The maximum absolute atomic E-state index is 6.99. The standard InChI is InChI=1S/C61H46BN3O/c1-4-5-18-38-31-34-51-47(35-38)43-25-16-27-46-57-56-45-24-12-14-28-48(45)61(2,3)49(56)37-54-58(57)62(65(51)59(43)46)50-33-32-41(63(39-19-8-6-9-20-39)40-21-10-7-11-22-40)36-53(50)64(54)52-29-17-26-44-42-23-13-15-30-55(42)66-60(44)52/h6-17,19-37H,4-5,18H2,1-3H3. The van der Waals surface area contributed by atoms with Crippen LogP contribution in [0.25, 0.3) is 66.0 Å². The van der Waals surface area contributed by atoms with Gasteiger partial charge in [-0.3, -0.25) is 0 Å². The summed E-state index contributed by atoms with van der Waals surface area (Å²) in [5.41, 5.74) is 22.9. The van der Waals surface area contributed by atoms with Crippen molar-refractivity contribution < 1.29 is 4.42 Å². The fourth-order valence-electron chi connectivity index (χ4n) is 12.2. The molecule has 3 aliphatic rings. The summed E-state index contributed by atoms with van der Waals surface area (Å²) in [7, 11) is 0. The molecule has 0 saturated carbocycles. The Labute approximate surface area is 385 Å². The van der Waals surface area contributed by atoms with Crippen molar-refractivity contribution >= 4 is 95.6 Å². The van der Waals surface area contributed by atoms with Gasteiger partial charge in [-0.1, -0.05) is 149 Å². The van der Waals surface area contributed by atoms with E-state index < -0.39 is 0 Å². The van der Waals surface area contributed by atoms with Crippen LogP contribution in [0.3, 0.4) is 0 Å². The molecule has 11 aromatic rings. The average Bonchev–Trinajstić information content (AvgIpc) is 3.98. The van der Waals surface area contributed by atoms with Crippen molar-refractivity contribution in [3.63, 3.8) is 0 Å². The number of para-hydroxylation sites is 5. The van der Waals surface area contributed by atoms with Crippen molar-refractivity contribution in [3.8, 4) is 22.3 Å². The Kier molecular flexibility index (Phi) is 7.91. The van der Waals surface area contributed by atoms with Gasteiger partial charge in [-0.05, 0) is 124 Å². The number of nitrogens with zero attached hydrogens (tertiary/aromatic N) is 3. The van der Waals surface area contributed by atoms with Gasteiger partial charge in [0.2, 0.25) is 0 Å². The summed E-state index contributed by atoms with van der Waals surface area (Å²) in [6.07, 6.45) is 3.44. The average molecular weight is 848 g/mol. The first-order valence-electron chi connectivity index (χ1n) is 23.6. The zero-order valence-corrected chi connectivity index (χ0v) is 37.3. The van der Waals surface area contributed by atoms with Crippen molar-refractivity contribution in [2.24, 2.45) is 0 Å². The van der Waals surface area contributed by atoms with Crippen LogP contribution in [-0.2, 0) is 11.8 Å². The van der Waals surface area contributed by atoms with Crippen LogP contribution in [-0.4, -0.2) is 11.3 Å². The second kappa shape index (κ2) is 13.9. The van der Waals surface area contributed by atoms with Gasteiger partial charge >= 0.3 is 6.85 Å². The van der Waals surface area contributed by atoms with Gasteiger partial charge < -0.3 is 18.7 Å². The number of anilines is 6. The molecule has 2 aromatic heterocycles. The molecule has 66 heavy (non-hydrogen) atoms. The third-order valence-corrected chi connectivity index (χ3v) is 15.1. The van der Waals surface area contributed by atoms with Gasteiger partial charge in [0.15, 0.2) is 5.58 Å². The first-order chi connectivity index (χ1) is 32.5. The number of unbranched alkanes of at least 4 members (excludes halogenated alkanes) is 1. The molecule has 4 heterocycles. The Bertz CT molecular complexity index is 3770. The lowest BCUT2D eigenvalue weighted by atomic mass is 9.44. The molecule has 14 rings (SSSR count). The van der Waals surface area contributed by atoms with Gasteiger partial charge in [0.05, 0.1) is 5.69 Å². The molecule has 1 aliphatic carbocycles. The van der Waals surface area contributed by atoms with E-state index in [1.807, 2.05) is 0 Å². The summed E-state index contributed by atoms with van der Waals surface area (Å²) in [4.78, 5) is 4.95. The number of benzene rings is 9. The number of aryl methyl sites for hydroxylation is 1. The third-order valence-electron chi connectivity index (χ3n) is 15.1. The number of furan rings is 1. The van der Waals surface area contributed by atoms with Gasteiger partial charge in [-0.2, -0.15) is 0 Å². The fraction of sp³-hybridized carbons (Fsp3) is 0.115. The van der Waals surface area contributed by atoms with Gasteiger partial charge in [0, 0.05) is 72.0 Å². The predicted octanol–water partition coefficient (Wildman–Crippen LogP) is 15.2. The predicted molar refractivity (Wildman–Crippen MR) is 278 cm³/mol. The third kappa shape index (κ3) is 5.06. The van der Waals surface area contributed by atoms with Crippen molar-refractivity contribution in [3.05, 3.63) is 205 Å². The van der Waals surface area contributed by atoms with E-state index in [2.05, 4.69) is 223 Å². The van der Waals surface area contributed by atoms with E-state index in [4.69, 9.17) is 4.42 Å². The first-order valence-corrected chi connectivity index (χ1v) is 23.6. The van der Waals surface area contributed by atoms with Crippen LogP contribution < -0.4 is 20.7 Å². The molecule has 9 aromatic carbocycles. The highest BCUT2D eigenvalue weighted by Gasteiger charge is 2.48. The molecule has 0 bridgehead atoms. The van der Waals surface area contributed by atoms with Gasteiger partial charge in [0.25, 0.3) is 0 Å². The van der Waals surface area contributed by atoms with Crippen molar-refractivity contribution in [1.29, 1.82) is 0 Å². The summed E-state index contributed by atoms with van der Waals surface area (Å²) in [5.74, 6) is 0. The zero-order chi connectivity index (χ0) is 43.8. The van der Waals surface area contributed by atoms with Crippen LogP contribution in [0.15, 0.2) is 192 Å². The lowest BCUT2D eigenvalue weighted by Crippen LogP contribution is -2.57. The number of rotatable bonds is 7. The molecule has 0 N–H and O–H groups in total. The molecule has 0 unspecified atom stereocenters. The summed E-state index contributed by atoms with van der Waals surface area (Å²) >= 11 is 0. The van der Waals surface area contributed by atoms with Crippen LogP contribution in [0.1, 0.15) is 50.3 Å². The zero-order valence-electron chi connectivity index (χ0n) is 37.3. The lowest BCUT2D eigenvalue weighted by molar-refractivity contribution is 0.660. The summed E-state index contributed by atoms with van der Waals surface area (Å²) in [5, 5.41) is 4.89. The van der Waals surface area contributed by atoms with E-state index in [-0.39, 0.29) is 12.3 Å². The Hall–Kier alpha value is -7.76. The number of hydrogen-bond acceptors (Lipinski definition) is 3. The van der Waals surface area contributed by atoms with E-state index in [0.29, 0.717) is 0 Å². The summed E-state index contributed by atoms with van der Waals surface area (Å²) in [6.45, 7) is 7.02. The Morgan fingerprint density at radius 1 is 0.545 bits per heavy atom. The Morgan fingerprint density at radius 3 is 2.08 bits per heavy atom.